The number of ether oxygens (including phenoxy) is 2. The number of hydrogen-bond donors (Lipinski definition) is 2. The lowest BCUT2D eigenvalue weighted by atomic mass is 10.1. The number of aromatic nitrogens is 2. The van der Waals surface area contributed by atoms with Crippen molar-refractivity contribution < 1.29 is 9.47 Å². The summed E-state index contributed by atoms with van der Waals surface area (Å²) in [7, 11) is 0. The summed E-state index contributed by atoms with van der Waals surface area (Å²) in [4.78, 5) is 9.20. The SMILES string of the molecule is CCNC(=NCc1ccc(Cn2cnc3ccccc32)cc1)NCCCOCC1CCCO1. The Bertz CT molecular complexity index is 1010. The van der Waals surface area contributed by atoms with Crippen LogP contribution in [0.1, 0.15) is 37.3 Å². The molecule has 0 amide bonds. The maximum atomic E-state index is 5.73. The van der Waals surface area contributed by atoms with Crippen molar-refractivity contribution in [2.45, 2.75) is 45.4 Å². The van der Waals surface area contributed by atoms with E-state index in [9.17, 15) is 0 Å². The minimum atomic E-state index is 0.294. The van der Waals surface area contributed by atoms with Crippen molar-refractivity contribution in [2.24, 2.45) is 4.99 Å². The van der Waals surface area contributed by atoms with E-state index in [2.05, 4.69) is 63.5 Å². The van der Waals surface area contributed by atoms with E-state index in [4.69, 9.17) is 14.5 Å². The van der Waals surface area contributed by atoms with E-state index in [0.717, 1.165) is 69.1 Å². The lowest BCUT2D eigenvalue weighted by Crippen LogP contribution is -2.38. The van der Waals surface area contributed by atoms with Crippen LogP contribution >= 0.6 is 0 Å². The number of rotatable bonds is 11. The molecule has 33 heavy (non-hydrogen) atoms. The van der Waals surface area contributed by atoms with E-state index >= 15 is 0 Å². The lowest BCUT2D eigenvalue weighted by Gasteiger charge is -2.13. The number of guanidine groups is 1. The first-order chi connectivity index (χ1) is 16.3. The van der Waals surface area contributed by atoms with Crippen LogP contribution in [0.25, 0.3) is 11.0 Å². The largest absolute Gasteiger partial charge is 0.379 e. The predicted molar refractivity (Wildman–Crippen MR) is 133 cm³/mol. The van der Waals surface area contributed by atoms with Gasteiger partial charge in [-0.3, -0.25) is 0 Å². The topological polar surface area (TPSA) is 72.7 Å². The van der Waals surface area contributed by atoms with E-state index in [1.807, 2.05) is 18.5 Å². The molecule has 1 aliphatic heterocycles. The zero-order valence-corrected chi connectivity index (χ0v) is 19.5. The van der Waals surface area contributed by atoms with Crippen molar-refractivity contribution in [3.8, 4) is 0 Å². The van der Waals surface area contributed by atoms with Crippen molar-refractivity contribution in [3.05, 3.63) is 66.0 Å². The molecule has 1 atom stereocenters. The first-order valence-corrected chi connectivity index (χ1v) is 12.0. The van der Waals surface area contributed by atoms with E-state index in [1.54, 1.807) is 0 Å². The molecule has 1 aromatic heterocycles. The van der Waals surface area contributed by atoms with Gasteiger partial charge in [-0.2, -0.15) is 0 Å². The summed E-state index contributed by atoms with van der Waals surface area (Å²) >= 11 is 0. The first kappa shape index (κ1) is 23.3. The van der Waals surface area contributed by atoms with Gasteiger partial charge in [-0.25, -0.2) is 9.98 Å². The minimum absolute atomic E-state index is 0.294. The van der Waals surface area contributed by atoms with Gasteiger partial charge in [0.1, 0.15) is 0 Å². The van der Waals surface area contributed by atoms with Crippen LogP contribution in [0.3, 0.4) is 0 Å². The lowest BCUT2D eigenvalue weighted by molar-refractivity contribution is 0.0168. The molecule has 176 valence electrons. The van der Waals surface area contributed by atoms with Gasteiger partial charge < -0.3 is 24.7 Å². The summed E-state index contributed by atoms with van der Waals surface area (Å²) in [6, 6.07) is 16.9. The summed E-state index contributed by atoms with van der Waals surface area (Å²) in [6.45, 7) is 7.51. The molecule has 2 heterocycles. The highest BCUT2D eigenvalue weighted by molar-refractivity contribution is 5.79. The second kappa shape index (κ2) is 12.4. The monoisotopic (exact) mass is 449 g/mol. The van der Waals surface area contributed by atoms with Crippen LogP contribution in [0.2, 0.25) is 0 Å². The fourth-order valence-corrected chi connectivity index (χ4v) is 3.97. The number of para-hydroxylation sites is 2. The summed E-state index contributed by atoms with van der Waals surface area (Å²) in [5.41, 5.74) is 4.62. The number of imidazole rings is 1. The van der Waals surface area contributed by atoms with Crippen molar-refractivity contribution in [2.75, 3.05) is 32.9 Å². The maximum Gasteiger partial charge on any atom is 0.191 e. The van der Waals surface area contributed by atoms with Gasteiger partial charge in [0, 0.05) is 32.8 Å². The summed E-state index contributed by atoms with van der Waals surface area (Å²) < 4.78 is 13.5. The third-order valence-electron chi connectivity index (χ3n) is 5.75. The van der Waals surface area contributed by atoms with Crippen molar-refractivity contribution >= 4 is 17.0 Å². The quantitative estimate of drug-likeness (QED) is 0.265. The molecule has 1 unspecified atom stereocenters. The highest BCUT2D eigenvalue weighted by Gasteiger charge is 2.14. The fraction of sp³-hybridized carbons (Fsp3) is 0.462. The highest BCUT2D eigenvalue weighted by Crippen LogP contribution is 2.15. The number of nitrogens with one attached hydrogen (secondary N) is 2. The van der Waals surface area contributed by atoms with Gasteiger partial charge in [-0.1, -0.05) is 36.4 Å². The van der Waals surface area contributed by atoms with Gasteiger partial charge in [0.05, 0.1) is 36.6 Å². The second-order valence-electron chi connectivity index (χ2n) is 8.36. The zero-order chi connectivity index (χ0) is 22.7. The van der Waals surface area contributed by atoms with E-state index in [0.29, 0.717) is 19.3 Å². The number of nitrogens with zero attached hydrogens (tertiary/aromatic N) is 3. The summed E-state index contributed by atoms with van der Waals surface area (Å²) in [5.74, 6) is 0.839. The number of benzene rings is 2. The molecule has 0 saturated carbocycles. The molecule has 1 aliphatic rings. The number of fused-ring (bicyclic) bond motifs is 1. The molecule has 0 spiro atoms. The van der Waals surface area contributed by atoms with E-state index in [-0.39, 0.29) is 0 Å². The standard InChI is InChI=1S/C26H35N5O2/c1-2-27-26(28-14-6-15-32-19-23-7-5-16-33-23)29-17-21-10-12-22(13-11-21)18-31-20-30-24-8-3-4-9-25(24)31/h3-4,8-13,20,23H,2,5-7,14-19H2,1H3,(H2,27,28,29). The van der Waals surface area contributed by atoms with Crippen molar-refractivity contribution in [1.82, 2.24) is 20.2 Å². The van der Waals surface area contributed by atoms with Gasteiger partial charge in [-0.15, -0.1) is 0 Å². The molecule has 3 aromatic rings. The highest BCUT2D eigenvalue weighted by atomic mass is 16.5. The van der Waals surface area contributed by atoms with Gasteiger partial charge in [0.15, 0.2) is 5.96 Å². The van der Waals surface area contributed by atoms with Crippen LogP contribution in [-0.2, 0) is 22.6 Å². The van der Waals surface area contributed by atoms with Crippen LogP contribution in [-0.4, -0.2) is 54.5 Å². The molecular weight excluding hydrogens is 414 g/mol. The minimum Gasteiger partial charge on any atom is -0.379 e. The predicted octanol–water partition coefficient (Wildman–Crippen LogP) is 3.73. The second-order valence-corrected chi connectivity index (χ2v) is 8.36. The van der Waals surface area contributed by atoms with Crippen LogP contribution in [0.5, 0.6) is 0 Å². The molecule has 2 N–H and O–H groups in total. The van der Waals surface area contributed by atoms with Gasteiger partial charge in [0.25, 0.3) is 0 Å². The maximum absolute atomic E-state index is 5.73. The molecule has 4 rings (SSSR count). The molecule has 2 aromatic carbocycles. The van der Waals surface area contributed by atoms with Gasteiger partial charge in [-0.05, 0) is 49.4 Å². The first-order valence-electron chi connectivity index (χ1n) is 12.0. The number of aliphatic imine (C=N–C) groups is 1. The molecule has 1 saturated heterocycles. The molecular formula is C26H35N5O2. The fourth-order valence-electron chi connectivity index (χ4n) is 3.97. The zero-order valence-electron chi connectivity index (χ0n) is 19.5. The third-order valence-corrected chi connectivity index (χ3v) is 5.75. The van der Waals surface area contributed by atoms with E-state index in [1.165, 1.54) is 11.1 Å². The van der Waals surface area contributed by atoms with Crippen LogP contribution < -0.4 is 10.6 Å². The normalized spacial score (nSPS) is 16.4. The Morgan fingerprint density at radius 2 is 2.00 bits per heavy atom. The Hall–Kier alpha value is -2.90. The Morgan fingerprint density at radius 1 is 1.15 bits per heavy atom. The molecule has 1 fully saturated rings. The van der Waals surface area contributed by atoms with Gasteiger partial charge in [0.2, 0.25) is 0 Å². The van der Waals surface area contributed by atoms with Gasteiger partial charge >= 0.3 is 0 Å². The van der Waals surface area contributed by atoms with Crippen LogP contribution in [0.15, 0.2) is 59.9 Å². The molecule has 0 radical (unpaired) electrons. The van der Waals surface area contributed by atoms with Crippen LogP contribution in [0, 0.1) is 0 Å². The van der Waals surface area contributed by atoms with E-state index < -0.39 is 0 Å². The Balaban J connectivity index is 1.21. The summed E-state index contributed by atoms with van der Waals surface area (Å²) in [5, 5.41) is 6.71. The average Bonchev–Trinajstić information content (AvgIpc) is 3.51. The van der Waals surface area contributed by atoms with Crippen molar-refractivity contribution in [1.29, 1.82) is 0 Å². The molecule has 0 bridgehead atoms. The van der Waals surface area contributed by atoms with Crippen LogP contribution in [0.4, 0.5) is 0 Å². The molecule has 0 aliphatic carbocycles. The smallest absolute Gasteiger partial charge is 0.191 e. The number of hydrogen-bond acceptors (Lipinski definition) is 4. The average molecular weight is 450 g/mol. The Kier molecular flexibility index (Phi) is 8.72. The summed E-state index contributed by atoms with van der Waals surface area (Å²) in [6.07, 6.45) is 5.42. The molecule has 7 heteroatoms. The van der Waals surface area contributed by atoms with Crippen molar-refractivity contribution in [3.63, 3.8) is 0 Å². The molecule has 7 nitrogen and oxygen atoms in total. The Labute approximate surface area is 196 Å². The third kappa shape index (κ3) is 7.04. The Morgan fingerprint density at radius 3 is 2.82 bits per heavy atom.